The van der Waals surface area contributed by atoms with E-state index in [1.807, 2.05) is 54.6 Å². The molecule has 2 aromatic rings. The molecule has 1 fully saturated rings. The van der Waals surface area contributed by atoms with E-state index >= 15 is 0 Å². The topological polar surface area (TPSA) is 84.7 Å². The zero-order chi connectivity index (χ0) is 19.1. The second-order valence-electron chi connectivity index (χ2n) is 6.46. The highest BCUT2D eigenvalue weighted by Gasteiger charge is 2.25. The lowest BCUT2D eigenvalue weighted by Gasteiger charge is -2.13. The van der Waals surface area contributed by atoms with E-state index in [0.29, 0.717) is 26.1 Å². The van der Waals surface area contributed by atoms with Gasteiger partial charge in [-0.05, 0) is 35.8 Å². The summed E-state index contributed by atoms with van der Waals surface area (Å²) in [6.45, 7) is 1.52. The molecule has 1 saturated heterocycles. The van der Waals surface area contributed by atoms with Gasteiger partial charge in [-0.1, -0.05) is 42.5 Å². The molecule has 1 atom stereocenters. The number of hydrogen-bond acceptors (Lipinski definition) is 3. The van der Waals surface area contributed by atoms with Gasteiger partial charge in [0.25, 0.3) is 0 Å². The third kappa shape index (κ3) is 5.60. The number of ether oxygens (including phenoxy) is 1. The average molecular weight is 365 g/mol. The fourth-order valence-electron chi connectivity index (χ4n) is 2.95. The lowest BCUT2D eigenvalue weighted by atomic mass is 10.2. The van der Waals surface area contributed by atoms with Crippen molar-refractivity contribution >= 4 is 18.0 Å². The molecule has 0 radical (unpaired) electrons. The van der Waals surface area contributed by atoms with Crippen LogP contribution in [0.4, 0.5) is 4.79 Å². The second kappa shape index (κ2) is 8.89. The van der Waals surface area contributed by atoms with Gasteiger partial charge in [0.05, 0.1) is 0 Å². The number of primary amides is 1. The molecule has 0 saturated carbocycles. The Hall–Kier alpha value is -3.28. The van der Waals surface area contributed by atoms with Crippen LogP contribution in [0.25, 0.3) is 6.08 Å². The molecule has 0 spiro atoms. The van der Waals surface area contributed by atoms with Gasteiger partial charge in [0.2, 0.25) is 5.91 Å². The minimum Gasteiger partial charge on any atom is -0.489 e. The number of nitrogens with one attached hydrogen (secondary N) is 1. The molecule has 0 aliphatic carbocycles. The number of likely N-dealkylation sites (tertiary alicyclic amines) is 1. The van der Waals surface area contributed by atoms with Crippen molar-refractivity contribution in [3.05, 3.63) is 71.8 Å². The molecule has 3 amide bonds. The molecular weight excluding hydrogens is 342 g/mol. The highest BCUT2D eigenvalue weighted by molar-refractivity contribution is 5.92. The molecule has 6 heteroatoms. The maximum absolute atomic E-state index is 12.1. The molecule has 1 unspecified atom stereocenters. The van der Waals surface area contributed by atoms with E-state index in [9.17, 15) is 9.59 Å². The number of nitrogens with two attached hydrogens (primary N) is 1. The van der Waals surface area contributed by atoms with Gasteiger partial charge >= 0.3 is 6.03 Å². The molecule has 3 rings (SSSR count). The molecule has 3 N–H and O–H groups in total. The Morgan fingerprint density at radius 3 is 2.74 bits per heavy atom. The van der Waals surface area contributed by atoms with Gasteiger partial charge in [-0.3, -0.25) is 4.79 Å². The number of hydrogen-bond donors (Lipinski definition) is 2. The van der Waals surface area contributed by atoms with Crippen molar-refractivity contribution < 1.29 is 14.3 Å². The summed E-state index contributed by atoms with van der Waals surface area (Å²) in [4.78, 5) is 24.7. The average Bonchev–Trinajstić information content (AvgIpc) is 3.15. The first kappa shape index (κ1) is 18.5. The van der Waals surface area contributed by atoms with E-state index in [4.69, 9.17) is 10.5 Å². The summed E-state index contributed by atoms with van der Waals surface area (Å²) in [6.07, 6.45) is 3.94. The van der Waals surface area contributed by atoms with Gasteiger partial charge in [0, 0.05) is 25.2 Å². The van der Waals surface area contributed by atoms with Gasteiger partial charge in [0.1, 0.15) is 12.4 Å². The molecule has 1 aliphatic rings. The Kier molecular flexibility index (Phi) is 6.10. The first-order valence-electron chi connectivity index (χ1n) is 8.90. The van der Waals surface area contributed by atoms with Crippen LogP contribution in [0.5, 0.6) is 5.75 Å². The molecule has 140 valence electrons. The van der Waals surface area contributed by atoms with Crippen LogP contribution in [-0.2, 0) is 11.4 Å². The Balaban J connectivity index is 1.51. The Labute approximate surface area is 158 Å². The smallest absolute Gasteiger partial charge is 0.314 e. The zero-order valence-electron chi connectivity index (χ0n) is 15.0. The zero-order valence-corrected chi connectivity index (χ0v) is 15.0. The summed E-state index contributed by atoms with van der Waals surface area (Å²) in [7, 11) is 0. The summed E-state index contributed by atoms with van der Waals surface area (Å²) in [5, 5.41) is 2.89. The van der Waals surface area contributed by atoms with Crippen LogP contribution in [0.3, 0.4) is 0 Å². The van der Waals surface area contributed by atoms with E-state index in [1.165, 1.54) is 11.0 Å². The Morgan fingerprint density at radius 1 is 1.19 bits per heavy atom. The first-order chi connectivity index (χ1) is 13.1. The molecule has 0 bridgehead atoms. The van der Waals surface area contributed by atoms with E-state index in [1.54, 1.807) is 6.08 Å². The maximum Gasteiger partial charge on any atom is 0.314 e. The van der Waals surface area contributed by atoms with Crippen LogP contribution in [0.2, 0.25) is 0 Å². The number of carbonyl (C=O) groups is 2. The monoisotopic (exact) mass is 365 g/mol. The van der Waals surface area contributed by atoms with Crippen LogP contribution >= 0.6 is 0 Å². The van der Waals surface area contributed by atoms with E-state index < -0.39 is 6.03 Å². The quantitative estimate of drug-likeness (QED) is 0.772. The third-order valence-corrected chi connectivity index (χ3v) is 4.38. The summed E-state index contributed by atoms with van der Waals surface area (Å²) in [5.41, 5.74) is 7.22. The van der Waals surface area contributed by atoms with Gasteiger partial charge in [-0.2, -0.15) is 0 Å². The number of benzene rings is 2. The second-order valence-corrected chi connectivity index (χ2v) is 6.46. The summed E-state index contributed by atoms with van der Waals surface area (Å²) < 4.78 is 5.80. The Bertz CT molecular complexity index is 820. The largest absolute Gasteiger partial charge is 0.489 e. The number of carbonyl (C=O) groups excluding carboxylic acids is 2. The number of urea groups is 1. The molecule has 2 aromatic carbocycles. The molecule has 1 aliphatic heterocycles. The minimum absolute atomic E-state index is 0.0600. The van der Waals surface area contributed by atoms with Crippen molar-refractivity contribution in [1.29, 1.82) is 0 Å². The highest BCUT2D eigenvalue weighted by atomic mass is 16.5. The number of amides is 3. The van der Waals surface area contributed by atoms with Gasteiger partial charge in [-0.15, -0.1) is 0 Å². The normalized spacial score (nSPS) is 16.4. The highest BCUT2D eigenvalue weighted by Crippen LogP contribution is 2.16. The van der Waals surface area contributed by atoms with Gasteiger partial charge < -0.3 is 20.7 Å². The fourth-order valence-corrected chi connectivity index (χ4v) is 2.95. The number of rotatable bonds is 6. The van der Waals surface area contributed by atoms with Crippen LogP contribution in [0.15, 0.2) is 60.7 Å². The van der Waals surface area contributed by atoms with E-state index in [2.05, 4.69) is 5.32 Å². The lowest BCUT2D eigenvalue weighted by molar-refractivity contribution is -0.117. The molecule has 1 heterocycles. The maximum atomic E-state index is 12.1. The minimum atomic E-state index is -0.449. The standard InChI is InChI=1S/C21H23N3O3/c22-21(26)24-12-11-18(14-24)23-20(25)10-9-16-7-4-8-19(13-16)27-15-17-5-2-1-3-6-17/h1-10,13,18H,11-12,14-15H2,(H2,22,26)(H,23,25)/b10-9+. The summed E-state index contributed by atoms with van der Waals surface area (Å²) >= 11 is 0. The number of nitrogens with zero attached hydrogens (tertiary/aromatic N) is 1. The predicted molar refractivity (Wildman–Crippen MR) is 104 cm³/mol. The first-order valence-corrected chi connectivity index (χ1v) is 8.90. The third-order valence-electron chi connectivity index (χ3n) is 4.38. The van der Waals surface area contributed by atoms with Crippen LogP contribution in [-0.4, -0.2) is 36.0 Å². The Morgan fingerprint density at radius 2 is 2.00 bits per heavy atom. The van der Waals surface area contributed by atoms with Crippen LogP contribution in [0, 0.1) is 0 Å². The van der Waals surface area contributed by atoms with Crippen molar-refractivity contribution in [3.63, 3.8) is 0 Å². The molecule has 27 heavy (non-hydrogen) atoms. The SMILES string of the molecule is NC(=O)N1CCC(NC(=O)/C=C/c2cccc(OCc3ccccc3)c2)C1. The van der Waals surface area contributed by atoms with Crippen LogP contribution in [0.1, 0.15) is 17.5 Å². The molecule has 0 aromatic heterocycles. The summed E-state index contributed by atoms with van der Waals surface area (Å²) in [6, 6.07) is 17.0. The van der Waals surface area contributed by atoms with Gasteiger partial charge in [0.15, 0.2) is 0 Å². The van der Waals surface area contributed by atoms with E-state index in [-0.39, 0.29) is 11.9 Å². The predicted octanol–water partition coefficient (Wildman–Crippen LogP) is 2.55. The van der Waals surface area contributed by atoms with Gasteiger partial charge in [-0.25, -0.2) is 4.79 Å². The van der Waals surface area contributed by atoms with Crippen molar-refractivity contribution in [2.24, 2.45) is 5.73 Å². The lowest BCUT2D eigenvalue weighted by Crippen LogP contribution is -2.39. The van der Waals surface area contributed by atoms with Crippen molar-refractivity contribution in [1.82, 2.24) is 10.2 Å². The van der Waals surface area contributed by atoms with Crippen LogP contribution < -0.4 is 15.8 Å². The van der Waals surface area contributed by atoms with Crippen molar-refractivity contribution in [2.45, 2.75) is 19.1 Å². The molecular formula is C21H23N3O3. The summed E-state index contributed by atoms with van der Waals surface area (Å²) in [5.74, 6) is 0.552. The fraction of sp³-hybridized carbons (Fsp3) is 0.238. The van der Waals surface area contributed by atoms with E-state index in [0.717, 1.165) is 16.9 Å². The van der Waals surface area contributed by atoms with Crippen molar-refractivity contribution in [3.8, 4) is 5.75 Å². The molecule has 6 nitrogen and oxygen atoms in total. The van der Waals surface area contributed by atoms with Crippen molar-refractivity contribution in [2.75, 3.05) is 13.1 Å².